The number of amides is 1. The van der Waals surface area contributed by atoms with E-state index < -0.39 is 0 Å². The van der Waals surface area contributed by atoms with Crippen LogP contribution in [0.5, 0.6) is 0 Å². The number of nitrogens with one attached hydrogen (secondary N) is 1. The number of hydrogen-bond acceptors (Lipinski definition) is 1. The molecule has 56 valence electrons. The Hall–Kier alpha value is -1.05. The Balaban J connectivity index is 3.70. The summed E-state index contributed by atoms with van der Waals surface area (Å²) in [6.45, 7) is 9.21. The van der Waals surface area contributed by atoms with Crippen LogP contribution in [0.3, 0.4) is 0 Å². The molecule has 0 bridgehead atoms. The Morgan fingerprint density at radius 1 is 1.80 bits per heavy atom. The van der Waals surface area contributed by atoms with Crippen LogP contribution in [0, 0.1) is 0 Å². The van der Waals surface area contributed by atoms with E-state index >= 15 is 0 Å². The van der Waals surface area contributed by atoms with Crippen molar-refractivity contribution in [1.82, 2.24) is 5.32 Å². The predicted molar refractivity (Wildman–Crippen MR) is 42.6 cm³/mol. The second-order valence-corrected chi connectivity index (χ2v) is 2.29. The van der Waals surface area contributed by atoms with Crippen molar-refractivity contribution in [2.24, 2.45) is 0 Å². The maximum Gasteiger partial charge on any atom is 0.207 e. The number of hydrogen-bond donors (Lipinski definition) is 1. The van der Waals surface area contributed by atoms with Gasteiger partial charge in [-0.15, -0.1) is 13.2 Å². The van der Waals surface area contributed by atoms with Gasteiger partial charge in [0.1, 0.15) is 0 Å². The van der Waals surface area contributed by atoms with Gasteiger partial charge in [-0.3, -0.25) is 4.79 Å². The first-order valence-corrected chi connectivity index (χ1v) is 3.17. The van der Waals surface area contributed by atoms with Gasteiger partial charge in [-0.2, -0.15) is 0 Å². The van der Waals surface area contributed by atoms with Gasteiger partial charge in [-0.05, 0) is 13.3 Å². The zero-order chi connectivity index (χ0) is 7.98. The molecular formula is C8H13NO. The van der Waals surface area contributed by atoms with E-state index in [0.29, 0.717) is 6.41 Å². The molecule has 1 amide bonds. The molecule has 0 aromatic rings. The third-order valence-electron chi connectivity index (χ3n) is 1.14. The van der Waals surface area contributed by atoms with Gasteiger partial charge in [-0.25, -0.2) is 0 Å². The molecule has 0 spiro atoms. The summed E-state index contributed by atoms with van der Waals surface area (Å²) in [4.78, 5) is 9.97. The van der Waals surface area contributed by atoms with E-state index in [1.165, 1.54) is 0 Å². The highest BCUT2D eigenvalue weighted by molar-refractivity contribution is 5.47. The van der Waals surface area contributed by atoms with E-state index in [0.717, 1.165) is 12.0 Å². The molecule has 0 aliphatic carbocycles. The molecule has 2 nitrogen and oxygen atoms in total. The summed E-state index contributed by atoms with van der Waals surface area (Å²) in [6, 6.07) is 0.0370. The van der Waals surface area contributed by atoms with E-state index in [2.05, 4.69) is 18.5 Å². The molecular weight excluding hydrogens is 126 g/mol. The Morgan fingerprint density at radius 3 is 2.70 bits per heavy atom. The summed E-state index contributed by atoms with van der Waals surface area (Å²) in [6.07, 6.45) is 3.14. The monoisotopic (exact) mass is 139 g/mol. The molecule has 0 heterocycles. The van der Waals surface area contributed by atoms with Crippen molar-refractivity contribution < 1.29 is 4.79 Å². The topological polar surface area (TPSA) is 29.1 Å². The Kier molecular flexibility index (Phi) is 4.29. The maximum atomic E-state index is 9.97. The average molecular weight is 139 g/mol. The van der Waals surface area contributed by atoms with Crippen molar-refractivity contribution in [2.45, 2.75) is 19.4 Å². The molecule has 2 heteroatoms. The van der Waals surface area contributed by atoms with E-state index in [1.54, 1.807) is 6.08 Å². The van der Waals surface area contributed by atoms with Gasteiger partial charge in [0, 0.05) is 0 Å². The van der Waals surface area contributed by atoms with Gasteiger partial charge >= 0.3 is 0 Å². The first-order chi connectivity index (χ1) is 4.70. The van der Waals surface area contributed by atoms with Crippen LogP contribution in [0.25, 0.3) is 0 Å². The molecule has 0 saturated carbocycles. The van der Waals surface area contributed by atoms with Gasteiger partial charge in [0.15, 0.2) is 0 Å². The van der Waals surface area contributed by atoms with Crippen molar-refractivity contribution in [2.75, 3.05) is 0 Å². The zero-order valence-electron chi connectivity index (χ0n) is 6.26. The molecule has 1 unspecified atom stereocenters. The van der Waals surface area contributed by atoms with Crippen LogP contribution in [0.1, 0.15) is 13.3 Å². The predicted octanol–water partition coefficient (Wildman–Crippen LogP) is 1.25. The lowest BCUT2D eigenvalue weighted by Crippen LogP contribution is -2.25. The number of carbonyl (C=O) groups is 1. The van der Waals surface area contributed by atoms with Crippen molar-refractivity contribution in [3.05, 3.63) is 24.8 Å². The minimum Gasteiger partial charge on any atom is -0.352 e. The van der Waals surface area contributed by atoms with Gasteiger partial charge in [0.05, 0.1) is 6.04 Å². The largest absolute Gasteiger partial charge is 0.352 e. The highest BCUT2D eigenvalue weighted by Crippen LogP contribution is 2.01. The third kappa shape index (κ3) is 3.89. The highest BCUT2D eigenvalue weighted by Gasteiger charge is 1.99. The molecule has 0 aromatic carbocycles. The quantitative estimate of drug-likeness (QED) is 0.451. The fourth-order valence-corrected chi connectivity index (χ4v) is 0.673. The molecule has 0 rings (SSSR count). The van der Waals surface area contributed by atoms with Crippen LogP contribution in [0.4, 0.5) is 0 Å². The first-order valence-electron chi connectivity index (χ1n) is 3.17. The molecule has 0 aromatic heterocycles. The van der Waals surface area contributed by atoms with Crippen LogP contribution >= 0.6 is 0 Å². The summed E-state index contributed by atoms with van der Waals surface area (Å²) < 4.78 is 0. The van der Waals surface area contributed by atoms with Crippen molar-refractivity contribution in [3.8, 4) is 0 Å². The summed E-state index contributed by atoms with van der Waals surface area (Å²) in [5.41, 5.74) is 1.04. The van der Waals surface area contributed by atoms with Crippen LogP contribution in [-0.2, 0) is 4.79 Å². The zero-order valence-corrected chi connectivity index (χ0v) is 6.26. The standard InChI is InChI=1S/C8H13NO/c1-4-8(9-6-10)5-7(2)3/h4,6,8H,1-2,5H2,3H3,(H,9,10). The molecule has 0 aliphatic rings. The van der Waals surface area contributed by atoms with Crippen LogP contribution < -0.4 is 5.32 Å². The van der Waals surface area contributed by atoms with Crippen LogP contribution in [0.2, 0.25) is 0 Å². The second kappa shape index (κ2) is 4.79. The van der Waals surface area contributed by atoms with Crippen LogP contribution in [0.15, 0.2) is 24.8 Å². The number of carbonyl (C=O) groups excluding carboxylic acids is 1. The summed E-state index contributed by atoms with van der Waals surface area (Å²) in [5, 5.41) is 2.60. The van der Waals surface area contributed by atoms with Gasteiger partial charge in [0.2, 0.25) is 6.41 Å². The van der Waals surface area contributed by atoms with E-state index in [-0.39, 0.29) is 6.04 Å². The average Bonchev–Trinajstić information content (AvgIpc) is 1.86. The van der Waals surface area contributed by atoms with Gasteiger partial charge in [-0.1, -0.05) is 11.6 Å². The Labute approximate surface area is 61.6 Å². The van der Waals surface area contributed by atoms with Crippen molar-refractivity contribution in [1.29, 1.82) is 0 Å². The molecule has 10 heavy (non-hydrogen) atoms. The van der Waals surface area contributed by atoms with Gasteiger partial charge < -0.3 is 5.32 Å². The lowest BCUT2D eigenvalue weighted by molar-refractivity contribution is -0.109. The van der Waals surface area contributed by atoms with Gasteiger partial charge in [0.25, 0.3) is 0 Å². The first kappa shape index (κ1) is 8.95. The third-order valence-corrected chi connectivity index (χ3v) is 1.14. The van der Waals surface area contributed by atoms with E-state index in [9.17, 15) is 4.79 Å². The van der Waals surface area contributed by atoms with E-state index in [1.807, 2.05) is 6.92 Å². The molecule has 1 atom stereocenters. The fraction of sp³-hybridized carbons (Fsp3) is 0.375. The highest BCUT2D eigenvalue weighted by atomic mass is 16.1. The molecule has 0 fully saturated rings. The molecule has 0 aliphatic heterocycles. The minimum atomic E-state index is 0.0370. The minimum absolute atomic E-state index is 0.0370. The number of rotatable bonds is 5. The summed E-state index contributed by atoms with van der Waals surface area (Å²) >= 11 is 0. The van der Waals surface area contributed by atoms with E-state index in [4.69, 9.17) is 0 Å². The lowest BCUT2D eigenvalue weighted by Gasteiger charge is -2.09. The summed E-state index contributed by atoms with van der Waals surface area (Å²) in [7, 11) is 0. The van der Waals surface area contributed by atoms with Crippen molar-refractivity contribution in [3.63, 3.8) is 0 Å². The molecule has 1 N–H and O–H groups in total. The Morgan fingerprint density at radius 2 is 2.40 bits per heavy atom. The second-order valence-electron chi connectivity index (χ2n) is 2.29. The van der Waals surface area contributed by atoms with Crippen LogP contribution in [-0.4, -0.2) is 12.5 Å². The Bertz CT molecular complexity index is 140. The van der Waals surface area contributed by atoms with Crippen molar-refractivity contribution >= 4 is 6.41 Å². The lowest BCUT2D eigenvalue weighted by atomic mass is 10.1. The molecule has 0 radical (unpaired) electrons. The maximum absolute atomic E-state index is 9.97. The normalized spacial score (nSPS) is 11.7. The smallest absolute Gasteiger partial charge is 0.207 e. The molecule has 0 saturated heterocycles. The fourth-order valence-electron chi connectivity index (χ4n) is 0.673. The summed E-state index contributed by atoms with van der Waals surface area (Å²) in [5.74, 6) is 0. The SMILES string of the molecule is C=CC(CC(=C)C)NC=O.